The average molecular weight is 330 g/mol. The van der Waals surface area contributed by atoms with E-state index in [2.05, 4.69) is 47.4 Å². The number of benzene rings is 2. The summed E-state index contributed by atoms with van der Waals surface area (Å²) in [7, 11) is 1.70. The molecule has 1 fully saturated rings. The number of fused-ring (bicyclic) bond motifs is 2. The summed E-state index contributed by atoms with van der Waals surface area (Å²) < 4.78 is 5.55. The maximum atomic E-state index is 9.23. The molecule has 2 aliphatic rings. The predicted molar refractivity (Wildman–Crippen MR) is 99.1 cm³/mol. The summed E-state index contributed by atoms with van der Waals surface area (Å²) in [5, 5.41) is 9.23. The van der Waals surface area contributed by atoms with Crippen LogP contribution in [0.1, 0.15) is 36.0 Å². The molecule has 0 aliphatic carbocycles. The maximum absolute atomic E-state index is 9.23. The summed E-state index contributed by atoms with van der Waals surface area (Å²) >= 11 is 0. The van der Waals surface area contributed by atoms with Gasteiger partial charge < -0.3 is 4.74 Å². The van der Waals surface area contributed by atoms with E-state index in [0.29, 0.717) is 17.6 Å². The summed E-state index contributed by atoms with van der Waals surface area (Å²) in [6, 6.07) is 19.7. The van der Waals surface area contributed by atoms with E-state index in [1.807, 2.05) is 18.2 Å². The fraction of sp³-hybridized carbons (Fsp3) is 0.318. The van der Waals surface area contributed by atoms with E-state index in [1.165, 1.54) is 24.0 Å². The van der Waals surface area contributed by atoms with Crippen LogP contribution in [-0.2, 0) is 6.54 Å². The van der Waals surface area contributed by atoms with Gasteiger partial charge in [0.15, 0.2) is 0 Å². The van der Waals surface area contributed by atoms with E-state index in [4.69, 9.17) is 4.74 Å². The van der Waals surface area contributed by atoms with Crippen molar-refractivity contribution in [3.05, 3.63) is 71.3 Å². The maximum Gasteiger partial charge on any atom is 0.126 e. The van der Waals surface area contributed by atoms with Gasteiger partial charge in [-0.25, -0.2) is 0 Å². The SMILES string of the molecule is COc1ccc(C#N)cc1C1=CC2CCC(C1)N2Cc1ccccc1. The molecule has 126 valence electrons. The van der Waals surface area contributed by atoms with Gasteiger partial charge in [0, 0.05) is 24.2 Å². The molecule has 4 rings (SSSR count). The van der Waals surface area contributed by atoms with Gasteiger partial charge in [0.1, 0.15) is 5.75 Å². The normalized spacial score (nSPS) is 22.3. The Hall–Kier alpha value is -2.57. The highest BCUT2D eigenvalue weighted by atomic mass is 16.5. The Bertz CT molecular complexity index is 835. The molecule has 2 bridgehead atoms. The van der Waals surface area contributed by atoms with Gasteiger partial charge in [-0.2, -0.15) is 5.26 Å². The van der Waals surface area contributed by atoms with Crippen molar-refractivity contribution in [3.63, 3.8) is 0 Å². The molecule has 2 atom stereocenters. The molecule has 0 radical (unpaired) electrons. The number of hydrogen-bond acceptors (Lipinski definition) is 3. The zero-order valence-electron chi connectivity index (χ0n) is 14.5. The van der Waals surface area contributed by atoms with Crippen LogP contribution in [0, 0.1) is 11.3 Å². The number of hydrogen-bond donors (Lipinski definition) is 0. The minimum absolute atomic E-state index is 0.476. The second kappa shape index (κ2) is 6.74. The van der Waals surface area contributed by atoms with Crippen molar-refractivity contribution in [2.24, 2.45) is 0 Å². The lowest BCUT2D eigenvalue weighted by atomic mass is 9.92. The Labute approximate surface area is 149 Å². The first kappa shape index (κ1) is 15.9. The fourth-order valence-corrected chi connectivity index (χ4v) is 4.19. The van der Waals surface area contributed by atoms with Crippen LogP contribution in [0.25, 0.3) is 5.57 Å². The van der Waals surface area contributed by atoms with Crippen molar-refractivity contribution in [1.82, 2.24) is 4.90 Å². The minimum atomic E-state index is 0.476. The zero-order valence-corrected chi connectivity index (χ0v) is 14.5. The monoisotopic (exact) mass is 330 g/mol. The van der Waals surface area contributed by atoms with Crippen LogP contribution < -0.4 is 4.74 Å². The summed E-state index contributed by atoms with van der Waals surface area (Å²) in [5.41, 5.74) is 4.47. The highest BCUT2D eigenvalue weighted by molar-refractivity contribution is 5.73. The smallest absolute Gasteiger partial charge is 0.126 e. The Morgan fingerprint density at radius 1 is 1.16 bits per heavy atom. The number of methoxy groups -OCH3 is 1. The van der Waals surface area contributed by atoms with E-state index >= 15 is 0 Å². The number of nitrogens with zero attached hydrogens (tertiary/aromatic N) is 2. The van der Waals surface area contributed by atoms with E-state index in [0.717, 1.165) is 24.3 Å². The molecule has 3 nitrogen and oxygen atoms in total. The minimum Gasteiger partial charge on any atom is -0.496 e. The molecule has 0 N–H and O–H groups in total. The molecule has 25 heavy (non-hydrogen) atoms. The van der Waals surface area contributed by atoms with Crippen molar-refractivity contribution in [2.45, 2.75) is 37.9 Å². The van der Waals surface area contributed by atoms with Crippen molar-refractivity contribution in [3.8, 4) is 11.8 Å². The highest BCUT2D eigenvalue weighted by Crippen LogP contribution is 2.41. The molecule has 2 heterocycles. The third-order valence-corrected chi connectivity index (χ3v) is 5.42. The summed E-state index contributed by atoms with van der Waals surface area (Å²) in [5.74, 6) is 0.862. The Morgan fingerprint density at radius 2 is 2.00 bits per heavy atom. The highest BCUT2D eigenvalue weighted by Gasteiger charge is 2.37. The quantitative estimate of drug-likeness (QED) is 0.834. The molecular weight excluding hydrogens is 308 g/mol. The average Bonchev–Trinajstić information content (AvgIpc) is 2.90. The van der Waals surface area contributed by atoms with Gasteiger partial charge in [-0.1, -0.05) is 36.4 Å². The first-order valence-electron chi connectivity index (χ1n) is 8.87. The first-order valence-corrected chi connectivity index (χ1v) is 8.87. The van der Waals surface area contributed by atoms with Crippen molar-refractivity contribution in [1.29, 1.82) is 5.26 Å². The van der Waals surface area contributed by atoms with Crippen LogP contribution in [0.15, 0.2) is 54.6 Å². The summed E-state index contributed by atoms with van der Waals surface area (Å²) in [6.07, 6.45) is 5.86. The molecule has 2 aromatic carbocycles. The zero-order chi connectivity index (χ0) is 17.2. The molecule has 0 saturated carbocycles. The standard InChI is InChI=1S/C22H22N2O/c1-25-22-10-7-17(14-23)11-21(22)18-12-19-8-9-20(13-18)24(19)15-16-5-3-2-4-6-16/h2-7,10-12,19-20H,8-9,13,15H2,1H3. The molecular formula is C22H22N2O. The Kier molecular flexibility index (Phi) is 4.29. The Balaban J connectivity index is 1.63. The third kappa shape index (κ3) is 3.06. The number of rotatable bonds is 4. The second-order valence-corrected chi connectivity index (χ2v) is 6.88. The lowest BCUT2D eigenvalue weighted by molar-refractivity contribution is 0.203. The molecule has 3 heteroatoms. The molecule has 2 aliphatic heterocycles. The lowest BCUT2D eigenvalue weighted by Crippen LogP contribution is -2.37. The van der Waals surface area contributed by atoms with Crippen LogP contribution >= 0.6 is 0 Å². The fourth-order valence-electron chi connectivity index (χ4n) is 4.19. The van der Waals surface area contributed by atoms with E-state index in [-0.39, 0.29) is 0 Å². The predicted octanol–water partition coefficient (Wildman–Crippen LogP) is 4.39. The van der Waals surface area contributed by atoms with E-state index in [9.17, 15) is 5.26 Å². The van der Waals surface area contributed by atoms with Crippen molar-refractivity contribution < 1.29 is 4.74 Å². The van der Waals surface area contributed by atoms with E-state index < -0.39 is 0 Å². The number of ether oxygens (including phenoxy) is 1. The van der Waals surface area contributed by atoms with Crippen LogP contribution in [0.4, 0.5) is 0 Å². The van der Waals surface area contributed by atoms with Gasteiger partial charge in [0.05, 0.1) is 18.7 Å². The van der Waals surface area contributed by atoms with Crippen molar-refractivity contribution >= 4 is 5.57 Å². The van der Waals surface area contributed by atoms with Gasteiger partial charge in [-0.15, -0.1) is 0 Å². The molecule has 0 amide bonds. The Morgan fingerprint density at radius 3 is 2.72 bits per heavy atom. The molecule has 1 saturated heterocycles. The van der Waals surface area contributed by atoms with Crippen LogP contribution in [0.3, 0.4) is 0 Å². The number of nitriles is 1. The summed E-state index contributed by atoms with van der Waals surface area (Å²) in [4.78, 5) is 2.62. The van der Waals surface area contributed by atoms with Gasteiger partial charge in [-0.05, 0) is 48.6 Å². The largest absolute Gasteiger partial charge is 0.496 e. The molecule has 2 aromatic rings. The van der Waals surface area contributed by atoms with Gasteiger partial charge in [0.25, 0.3) is 0 Å². The van der Waals surface area contributed by atoms with Gasteiger partial charge in [0.2, 0.25) is 0 Å². The molecule has 0 spiro atoms. The first-order chi connectivity index (χ1) is 12.3. The summed E-state index contributed by atoms with van der Waals surface area (Å²) in [6.45, 7) is 1.01. The molecule has 2 unspecified atom stereocenters. The topological polar surface area (TPSA) is 36.3 Å². The van der Waals surface area contributed by atoms with Gasteiger partial charge >= 0.3 is 0 Å². The second-order valence-electron chi connectivity index (χ2n) is 6.88. The third-order valence-electron chi connectivity index (χ3n) is 5.42. The van der Waals surface area contributed by atoms with Crippen LogP contribution in [0.2, 0.25) is 0 Å². The van der Waals surface area contributed by atoms with Crippen molar-refractivity contribution in [2.75, 3.05) is 7.11 Å². The van der Waals surface area contributed by atoms with Gasteiger partial charge in [-0.3, -0.25) is 4.90 Å². The molecule has 0 aromatic heterocycles. The lowest BCUT2D eigenvalue weighted by Gasteiger charge is -2.34. The van der Waals surface area contributed by atoms with Crippen LogP contribution in [0.5, 0.6) is 5.75 Å². The van der Waals surface area contributed by atoms with E-state index in [1.54, 1.807) is 7.11 Å². The van der Waals surface area contributed by atoms with Crippen LogP contribution in [-0.4, -0.2) is 24.1 Å².